The summed E-state index contributed by atoms with van der Waals surface area (Å²) in [4.78, 5) is 20.1. The number of aromatic nitrogens is 2. The molecule has 1 aliphatic rings. The molecule has 6 heteroatoms. The quantitative estimate of drug-likeness (QED) is 0.853. The van der Waals surface area contributed by atoms with E-state index >= 15 is 0 Å². The number of aromatic amines is 1. The Balaban J connectivity index is 1.93. The van der Waals surface area contributed by atoms with Gasteiger partial charge in [0.05, 0.1) is 6.33 Å². The van der Waals surface area contributed by atoms with Crippen LogP contribution >= 0.6 is 11.6 Å². The molecule has 1 unspecified atom stereocenters. The van der Waals surface area contributed by atoms with E-state index in [1.54, 1.807) is 0 Å². The summed E-state index contributed by atoms with van der Waals surface area (Å²) < 4.78 is 0. The minimum atomic E-state index is -0.301. The Hall–Kier alpha value is -1.07. The van der Waals surface area contributed by atoms with Gasteiger partial charge >= 0.3 is 0 Å². The highest BCUT2D eigenvalue weighted by molar-refractivity contribution is 6.32. The summed E-state index contributed by atoms with van der Waals surface area (Å²) >= 11 is 5.86. The molecule has 5 nitrogen and oxygen atoms in total. The summed E-state index contributed by atoms with van der Waals surface area (Å²) in [5.74, 6) is 1.06. The second kappa shape index (κ2) is 5.51. The number of H-pyrrole nitrogens is 1. The number of anilines is 1. The Morgan fingerprint density at radius 1 is 1.71 bits per heavy atom. The van der Waals surface area contributed by atoms with Crippen LogP contribution in [-0.2, 0) is 0 Å². The van der Waals surface area contributed by atoms with Gasteiger partial charge in [0.1, 0.15) is 5.02 Å². The van der Waals surface area contributed by atoms with E-state index in [1.807, 2.05) is 0 Å². The molecule has 0 saturated carbocycles. The van der Waals surface area contributed by atoms with E-state index in [1.165, 1.54) is 25.7 Å². The fourth-order valence-electron chi connectivity index (χ4n) is 2.19. The number of nitrogens with one attached hydrogen (secondary N) is 2. The zero-order valence-electron chi connectivity index (χ0n) is 9.87. The second-order valence-electron chi connectivity index (χ2n) is 4.55. The van der Waals surface area contributed by atoms with Gasteiger partial charge in [-0.05, 0) is 32.4 Å². The molecule has 94 valence electrons. The second-order valence-corrected chi connectivity index (χ2v) is 4.92. The fourth-order valence-corrected chi connectivity index (χ4v) is 2.36. The SMILES string of the molecule is CN1CCCC(CNc2nc[nH]c(=O)c2Cl)C1. The predicted molar refractivity (Wildman–Crippen MR) is 68.6 cm³/mol. The Kier molecular flexibility index (Phi) is 4.02. The normalized spacial score (nSPS) is 21.4. The molecule has 0 spiro atoms. The minimum Gasteiger partial charge on any atom is -0.368 e. The van der Waals surface area contributed by atoms with Gasteiger partial charge in [-0.25, -0.2) is 4.98 Å². The van der Waals surface area contributed by atoms with E-state index in [-0.39, 0.29) is 10.6 Å². The Morgan fingerprint density at radius 2 is 2.53 bits per heavy atom. The molecule has 0 bridgehead atoms. The summed E-state index contributed by atoms with van der Waals surface area (Å²) in [7, 11) is 2.13. The van der Waals surface area contributed by atoms with Crippen molar-refractivity contribution in [1.29, 1.82) is 0 Å². The van der Waals surface area contributed by atoms with Crippen LogP contribution in [-0.4, -0.2) is 41.5 Å². The van der Waals surface area contributed by atoms with Gasteiger partial charge in [-0.2, -0.15) is 0 Å². The topological polar surface area (TPSA) is 61.0 Å². The van der Waals surface area contributed by atoms with Gasteiger partial charge in [0.15, 0.2) is 5.82 Å². The number of nitrogens with zero attached hydrogens (tertiary/aromatic N) is 2. The predicted octanol–water partition coefficient (Wildman–Crippen LogP) is 1.18. The molecular weight excluding hydrogens is 240 g/mol. The standard InChI is InChI=1S/C11H17ClN4O/c1-16-4-2-3-8(6-16)5-13-10-9(12)11(17)15-7-14-10/h7-8H,2-6H2,1H3,(H2,13,14,15,17). The number of hydrogen-bond acceptors (Lipinski definition) is 4. The zero-order valence-corrected chi connectivity index (χ0v) is 10.6. The van der Waals surface area contributed by atoms with Crippen molar-refractivity contribution in [3.63, 3.8) is 0 Å². The van der Waals surface area contributed by atoms with Gasteiger partial charge in [0.25, 0.3) is 5.56 Å². The Labute approximate surface area is 105 Å². The van der Waals surface area contributed by atoms with Crippen LogP contribution in [0.25, 0.3) is 0 Å². The summed E-state index contributed by atoms with van der Waals surface area (Å²) in [6.45, 7) is 3.05. The third-order valence-corrected chi connectivity index (χ3v) is 3.43. The average Bonchev–Trinajstić information content (AvgIpc) is 2.31. The highest BCUT2D eigenvalue weighted by Crippen LogP contribution is 2.17. The third kappa shape index (κ3) is 3.20. The third-order valence-electron chi connectivity index (χ3n) is 3.08. The van der Waals surface area contributed by atoms with E-state index < -0.39 is 0 Å². The van der Waals surface area contributed by atoms with Crippen LogP contribution in [0.15, 0.2) is 11.1 Å². The van der Waals surface area contributed by atoms with Crippen molar-refractivity contribution in [2.75, 3.05) is 32.0 Å². The molecule has 1 aromatic rings. The van der Waals surface area contributed by atoms with Crippen molar-refractivity contribution >= 4 is 17.4 Å². The molecule has 1 atom stereocenters. The smallest absolute Gasteiger partial charge is 0.271 e. The van der Waals surface area contributed by atoms with Crippen LogP contribution in [0.3, 0.4) is 0 Å². The van der Waals surface area contributed by atoms with Crippen molar-refractivity contribution in [2.45, 2.75) is 12.8 Å². The molecular formula is C11H17ClN4O. The minimum absolute atomic E-state index is 0.136. The molecule has 0 radical (unpaired) electrons. The number of likely N-dealkylation sites (tertiary alicyclic amines) is 1. The van der Waals surface area contributed by atoms with Crippen LogP contribution in [0.5, 0.6) is 0 Å². The van der Waals surface area contributed by atoms with Gasteiger partial charge in [0.2, 0.25) is 0 Å². The molecule has 0 amide bonds. The average molecular weight is 257 g/mol. The van der Waals surface area contributed by atoms with Gasteiger partial charge in [-0.3, -0.25) is 4.79 Å². The zero-order chi connectivity index (χ0) is 12.3. The van der Waals surface area contributed by atoms with Gasteiger partial charge in [-0.1, -0.05) is 11.6 Å². The van der Waals surface area contributed by atoms with Crippen molar-refractivity contribution in [3.05, 3.63) is 21.7 Å². The lowest BCUT2D eigenvalue weighted by Crippen LogP contribution is -2.35. The lowest BCUT2D eigenvalue weighted by atomic mass is 9.98. The first-order valence-electron chi connectivity index (χ1n) is 5.82. The van der Waals surface area contributed by atoms with Crippen LogP contribution in [0.4, 0.5) is 5.82 Å². The lowest BCUT2D eigenvalue weighted by molar-refractivity contribution is 0.217. The number of piperidine rings is 1. The maximum absolute atomic E-state index is 11.3. The molecule has 0 aliphatic carbocycles. The largest absolute Gasteiger partial charge is 0.368 e. The molecule has 0 aromatic carbocycles. The summed E-state index contributed by atoms with van der Waals surface area (Å²) in [6, 6.07) is 0. The van der Waals surface area contributed by atoms with E-state index in [0.29, 0.717) is 11.7 Å². The lowest BCUT2D eigenvalue weighted by Gasteiger charge is -2.29. The molecule has 2 heterocycles. The van der Waals surface area contributed by atoms with Gasteiger partial charge < -0.3 is 15.2 Å². The van der Waals surface area contributed by atoms with E-state index in [2.05, 4.69) is 27.2 Å². The number of halogens is 1. The highest BCUT2D eigenvalue weighted by atomic mass is 35.5. The molecule has 1 fully saturated rings. The number of hydrogen-bond donors (Lipinski definition) is 2. The molecule has 1 saturated heterocycles. The van der Waals surface area contributed by atoms with E-state index in [9.17, 15) is 4.79 Å². The molecule has 17 heavy (non-hydrogen) atoms. The highest BCUT2D eigenvalue weighted by Gasteiger charge is 2.17. The molecule has 1 aromatic heterocycles. The van der Waals surface area contributed by atoms with Crippen molar-refractivity contribution < 1.29 is 0 Å². The number of rotatable bonds is 3. The first kappa shape index (κ1) is 12.4. The Morgan fingerprint density at radius 3 is 3.29 bits per heavy atom. The van der Waals surface area contributed by atoms with Crippen molar-refractivity contribution in [3.8, 4) is 0 Å². The molecule has 2 N–H and O–H groups in total. The van der Waals surface area contributed by atoms with E-state index in [0.717, 1.165) is 13.1 Å². The van der Waals surface area contributed by atoms with E-state index in [4.69, 9.17) is 11.6 Å². The maximum Gasteiger partial charge on any atom is 0.271 e. The van der Waals surface area contributed by atoms with Crippen LogP contribution in [0.2, 0.25) is 5.02 Å². The van der Waals surface area contributed by atoms with Crippen molar-refractivity contribution in [1.82, 2.24) is 14.9 Å². The van der Waals surface area contributed by atoms with Crippen LogP contribution < -0.4 is 10.9 Å². The maximum atomic E-state index is 11.3. The van der Waals surface area contributed by atoms with Crippen LogP contribution in [0, 0.1) is 5.92 Å². The van der Waals surface area contributed by atoms with Crippen molar-refractivity contribution in [2.24, 2.45) is 5.92 Å². The molecule has 2 rings (SSSR count). The van der Waals surface area contributed by atoms with Crippen LogP contribution in [0.1, 0.15) is 12.8 Å². The molecule has 1 aliphatic heterocycles. The first-order chi connectivity index (χ1) is 8.16. The summed E-state index contributed by atoms with van der Waals surface area (Å²) in [5.41, 5.74) is -0.301. The Bertz CT molecular complexity index is 434. The van der Waals surface area contributed by atoms with Gasteiger partial charge in [-0.15, -0.1) is 0 Å². The van der Waals surface area contributed by atoms with Gasteiger partial charge in [0, 0.05) is 13.1 Å². The summed E-state index contributed by atoms with van der Waals surface area (Å²) in [5, 5.41) is 3.29. The first-order valence-corrected chi connectivity index (χ1v) is 6.20. The monoisotopic (exact) mass is 256 g/mol. The summed E-state index contributed by atoms with van der Waals surface area (Å²) in [6.07, 6.45) is 3.79. The fraction of sp³-hybridized carbons (Fsp3) is 0.636.